The van der Waals surface area contributed by atoms with Gasteiger partial charge in [-0.05, 0) is 40.0 Å². The van der Waals surface area contributed by atoms with Crippen molar-refractivity contribution < 1.29 is 9.53 Å². The molecule has 138 valence electrons. The molecule has 1 amide bonds. The zero-order valence-corrected chi connectivity index (χ0v) is 18.2. The maximum Gasteiger partial charge on any atom is 0.410 e. The lowest BCUT2D eigenvalue weighted by atomic mass is 10.2. The minimum atomic E-state index is -0.466. The van der Waals surface area contributed by atoms with E-state index in [9.17, 15) is 4.79 Å². The molecule has 0 aliphatic carbocycles. The van der Waals surface area contributed by atoms with Gasteiger partial charge in [-0.1, -0.05) is 13.8 Å². The van der Waals surface area contributed by atoms with E-state index in [0.29, 0.717) is 5.92 Å². The Kier molecular flexibility index (Phi) is 12.5. The van der Waals surface area contributed by atoms with E-state index in [2.05, 4.69) is 29.5 Å². The number of carbonyl (C=O) groups excluding carboxylic acids is 1. The van der Waals surface area contributed by atoms with E-state index in [1.165, 1.54) is 0 Å². The Morgan fingerprint density at radius 3 is 2.22 bits per heavy atom. The summed E-state index contributed by atoms with van der Waals surface area (Å²) >= 11 is 0. The minimum Gasteiger partial charge on any atom is -0.444 e. The van der Waals surface area contributed by atoms with Crippen LogP contribution in [0.15, 0.2) is 4.99 Å². The van der Waals surface area contributed by atoms with Gasteiger partial charge in [0.25, 0.3) is 0 Å². The number of hydrogen-bond acceptors (Lipinski definition) is 3. The molecule has 2 N–H and O–H groups in total. The van der Waals surface area contributed by atoms with Crippen LogP contribution in [0.25, 0.3) is 0 Å². The number of amides is 1. The molecule has 1 unspecified atom stereocenters. The molecule has 0 saturated heterocycles. The molecule has 0 spiro atoms. The van der Waals surface area contributed by atoms with Gasteiger partial charge in [0.1, 0.15) is 5.60 Å². The fraction of sp³-hybridized carbons (Fsp3) is 0.875. The van der Waals surface area contributed by atoms with E-state index >= 15 is 0 Å². The first-order valence-corrected chi connectivity index (χ1v) is 7.97. The molecule has 0 saturated carbocycles. The maximum absolute atomic E-state index is 12.0. The SMILES string of the molecule is CN=C(NCCC(C)N(C)C(=O)OC(C)(C)C)NCC(C)C.I. The number of ether oxygens (including phenoxy) is 1. The van der Waals surface area contributed by atoms with Gasteiger partial charge in [0, 0.05) is 33.2 Å². The Morgan fingerprint density at radius 2 is 1.78 bits per heavy atom. The standard InChI is InChI=1S/C16H34N4O2.HI/c1-12(2)11-19-14(17-7)18-10-9-13(3)20(8)15(21)22-16(4,5)6;/h12-13H,9-11H2,1-8H3,(H2,17,18,19);1H. The van der Waals surface area contributed by atoms with E-state index in [0.717, 1.165) is 25.5 Å². The predicted octanol–water partition coefficient (Wildman–Crippen LogP) is 3.07. The number of nitrogens with zero attached hydrogens (tertiary/aromatic N) is 2. The van der Waals surface area contributed by atoms with Crippen molar-refractivity contribution in [2.75, 3.05) is 27.2 Å². The Hall–Kier alpha value is -0.730. The molecule has 1 atom stereocenters. The normalized spacial score (nSPS) is 13.2. The van der Waals surface area contributed by atoms with Crippen LogP contribution >= 0.6 is 24.0 Å². The van der Waals surface area contributed by atoms with Gasteiger partial charge in [-0.2, -0.15) is 0 Å². The van der Waals surface area contributed by atoms with Gasteiger partial charge < -0.3 is 20.3 Å². The second-order valence-electron chi connectivity index (χ2n) is 7.00. The summed E-state index contributed by atoms with van der Waals surface area (Å²) in [6.07, 6.45) is 0.528. The zero-order valence-electron chi connectivity index (χ0n) is 15.9. The Morgan fingerprint density at radius 1 is 1.22 bits per heavy atom. The minimum absolute atomic E-state index is 0. The van der Waals surface area contributed by atoms with Crippen molar-refractivity contribution in [1.29, 1.82) is 0 Å². The van der Waals surface area contributed by atoms with Gasteiger partial charge >= 0.3 is 6.09 Å². The second-order valence-corrected chi connectivity index (χ2v) is 7.00. The van der Waals surface area contributed by atoms with Gasteiger partial charge in [-0.25, -0.2) is 4.79 Å². The first-order chi connectivity index (χ1) is 10.1. The average molecular weight is 442 g/mol. The van der Waals surface area contributed by atoms with Gasteiger partial charge in [-0.15, -0.1) is 24.0 Å². The Balaban J connectivity index is 0. The summed E-state index contributed by atoms with van der Waals surface area (Å²) in [5, 5.41) is 6.52. The highest BCUT2D eigenvalue weighted by atomic mass is 127. The molecule has 23 heavy (non-hydrogen) atoms. The topological polar surface area (TPSA) is 66.0 Å². The Bertz CT molecular complexity index is 368. The van der Waals surface area contributed by atoms with Crippen molar-refractivity contribution >= 4 is 36.0 Å². The lowest BCUT2D eigenvalue weighted by Gasteiger charge is -2.29. The molecule has 7 heteroatoms. The first kappa shape index (κ1) is 24.5. The predicted molar refractivity (Wildman–Crippen MR) is 108 cm³/mol. The number of guanidine groups is 1. The number of carbonyl (C=O) groups is 1. The molecule has 0 aliphatic rings. The first-order valence-electron chi connectivity index (χ1n) is 7.97. The summed E-state index contributed by atoms with van der Waals surface area (Å²) in [4.78, 5) is 17.8. The fourth-order valence-corrected chi connectivity index (χ4v) is 1.63. The van der Waals surface area contributed by atoms with Crippen LogP contribution in [0.5, 0.6) is 0 Å². The lowest BCUT2D eigenvalue weighted by molar-refractivity contribution is 0.0230. The molecule has 0 aliphatic heterocycles. The fourth-order valence-electron chi connectivity index (χ4n) is 1.63. The molecule has 0 radical (unpaired) electrons. The van der Waals surface area contributed by atoms with Crippen molar-refractivity contribution in [3.8, 4) is 0 Å². The average Bonchev–Trinajstić information content (AvgIpc) is 2.39. The highest BCUT2D eigenvalue weighted by molar-refractivity contribution is 14.0. The molecular weight excluding hydrogens is 407 g/mol. The number of nitrogens with one attached hydrogen (secondary N) is 2. The molecule has 6 nitrogen and oxygen atoms in total. The van der Waals surface area contributed by atoms with Crippen LogP contribution < -0.4 is 10.6 Å². The van der Waals surface area contributed by atoms with Gasteiger partial charge in [0.15, 0.2) is 5.96 Å². The second kappa shape index (κ2) is 11.8. The highest BCUT2D eigenvalue weighted by Crippen LogP contribution is 2.11. The van der Waals surface area contributed by atoms with Crippen LogP contribution in [0.3, 0.4) is 0 Å². The highest BCUT2D eigenvalue weighted by Gasteiger charge is 2.22. The molecule has 0 aromatic rings. The van der Waals surface area contributed by atoms with Crippen LogP contribution in [0, 0.1) is 5.92 Å². The van der Waals surface area contributed by atoms with Crippen molar-refractivity contribution in [2.24, 2.45) is 10.9 Å². The summed E-state index contributed by atoms with van der Waals surface area (Å²) in [5.74, 6) is 1.36. The van der Waals surface area contributed by atoms with Crippen LogP contribution in [0.2, 0.25) is 0 Å². The van der Waals surface area contributed by atoms with Crippen LogP contribution in [-0.4, -0.2) is 55.8 Å². The van der Waals surface area contributed by atoms with Crippen LogP contribution in [0.1, 0.15) is 48.0 Å². The molecule has 0 bridgehead atoms. The number of rotatable bonds is 6. The van der Waals surface area contributed by atoms with Crippen LogP contribution in [-0.2, 0) is 4.74 Å². The van der Waals surface area contributed by atoms with E-state index < -0.39 is 5.60 Å². The molecule has 0 fully saturated rings. The van der Waals surface area contributed by atoms with Gasteiger partial charge in [0.2, 0.25) is 0 Å². The summed E-state index contributed by atoms with van der Waals surface area (Å²) in [6, 6.07) is 0.0885. The third-order valence-corrected chi connectivity index (χ3v) is 3.10. The number of aliphatic imine (C=N–C) groups is 1. The third-order valence-electron chi connectivity index (χ3n) is 3.10. The van der Waals surface area contributed by atoms with Crippen molar-refractivity contribution in [3.63, 3.8) is 0 Å². The monoisotopic (exact) mass is 442 g/mol. The quantitative estimate of drug-likeness (QED) is 0.377. The Labute approximate surface area is 158 Å². The molecular formula is C16H35IN4O2. The zero-order chi connectivity index (χ0) is 17.3. The van der Waals surface area contributed by atoms with E-state index in [1.807, 2.05) is 27.7 Å². The van der Waals surface area contributed by atoms with E-state index in [4.69, 9.17) is 4.74 Å². The molecule has 0 heterocycles. The number of halogens is 1. The summed E-state index contributed by atoms with van der Waals surface area (Å²) in [6.45, 7) is 13.5. The van der Waals surface area contributed by atoms with E-state index in [1.54, 1.807) is 19.0 Å². The number of hydrogen-bond donors (Lipinski definition) is 2. The summed E-state index contributed by atoms with van der Waals surface area (Å²) < 4.78 is 5.36. The van der Waals surface area contributed by atoms with Gasteiger partial charge in [0.05, 0.1) is 0 Å². The molecule has 0 aromatic carbocycles. The van der Waals surface area contributed by atoms with Gasteiger partial charge in [-0.3, -0.25) is 4.99 Å². The summed E-state index contributed by atoms with van der Waals surface area (Å²) in [7, 11) is 3.52. The maximum atomic E-state index is 12.0. The smallest absolute Gasteiger partial charge is 0.410 e. The molecule has 0 aromatic heterocycles. The lowest BCUT2D eigenvalue weighted by Crippen LogP contribution is -2.43. The third kappa shape index (κ3) is 12.4. The molecule has 0 rings (SSSR count). The van der Waals surface area contributed by atoms with Crippen molar-refractivity contribution in [2.45, 2.75) is 59.6 Å². The summed E-state index contributed by atoms with van der Waals surface area (Å²) in [5.41, 5.74) is -0.466. The van der Waals surface area contributed by atoms with Crippen molar-refractivity contribution in [3.05, 3.63) is 0 Å². The van der Waals surface area contributed by atoms with Crippen molar-refractivity contribution in [1.82, 2.24) is 15.5 Å². The largest absolute Gasteiger partial charge is 0.444 e. The van der Waals surface area contributed by atoms with Crippen LogP contribution in [0.4, 0.5) is 4.79 Å². The van der Waals surface area contributed by atoms with E-state index in [-0.39, 0.29) is 36.1 Å².